The third-order valence-electron chi connectivity index (χ3n) is 2.55. The van der Waals surface area contributed by atoms with Gasteiger partial charge in [-0.2, -0.15) is 0 Å². The zero-order valence-electron chi connectivity index (χ0n) is 10.7. The molecule has 1 heterocycles. The second kappa shape index (κ2) is 7.27. The van der Waals surface area contributed by atoms with Crippen LogP contribution < -0.4 is 10.9 Å². The van der Waals surface area contributed by atoms with Gasteiger partial charge in [0, 0.05) is 12.7 Å². The summed E-state index contributed by atoms with van der Waals surface area (Å²) in [5, 5.41) is 2.67. The molecule has 0 aliphatic heterocycles. The summed E-state index contributed by atoms with van der Waals surface area (Å²) in [6.07, 6.45) is 8.32. The van der Waals surface area contributed by atoms with Crippen LogP contribution >= 0.6 is 0 Å². The average Bonchev–Trinajstić information content (AvgIpc) is 2.39. The van der Waals surface area contributed by atoms with Crippen LogP contribution in [0.3, 0.4) is 0 Å². The van der Waals surface area contributed by atoms with E-state index in [4.69, 9.17) is 0 Å². The summed E-state index contributed by atoms with van der Waals surface area (Å²) in [6, 6.07) is 3.13. The lowest BCUT2D eigenvalue weighted by Crippen LogP contribution is -2.29. The zero-order valence-corrected chi connectivity index (χ0v) is 10.7. The minimum absolute atomic E-state index is 0.132. The van der Waals surface area contributed by atoms with Crippen LogP contribution in [-0.2, 0) is 0 Å². The van der Waals surface area contributed by atoms with Gasteiger partial charge in [0.2, 0.25) is 0 Å². The van der Waals surface area contributed by atoms with Gasteiger partial charge in [-0.15, -0.1) is 0 Å². The first-order valence-corrected chi connectivity index (χ1v) is 5.96. The van der Waals surface area contributed by atoms with Gasteiger partial charge in [-0.05, 0) is 25.5 Å². The molecule has 4 nitrogen and oxygen atoms in total. The Morgan fingerprint density at radius 2 is 2.28 bits per heavy atom. The van der Waals surface area contributed by atoms with Crippen molar-refractivity contribution in [1.82, 2.24) is 10.3 Å². The number of carbonyl (C=O) groups excluding carboxylic acids is 1. The quantitative estimate of drug-likeness (QED) is 0.781. The molecule has 0 fully saturated rings. The van der Waals surface area contributed by atoms with E-state index >= 15 is 0 Å². The summed E-state index contributed by atoms with van der Waals surface area (Å²) >= 11 is 0. The fourth-order valence-electron chi connectivity index (χ4n) is 1.48. The highest BCUT2D eigenvalue weighted by molar-refractivity contribution is 5.93. The van der Waals surface area contributed by atoms with E-state index in [-0.39, 0.29) is 17.0 Å². The summed E-state index contributed by atoms with van der Waals surface area (Å²) in [5.41, 5.74) is 0.969. The number of allylic oxidation sites excluding steroid dienone is 3. The van der Waals surface area contributed by atoms with Crippen LogP contribution in [0.1, 0.15) is 30.6 Å². The van der Waals surface area contributed by atoms with Gasteiger partial charge in [-0.3, -0.25) is 9.59 Å². The van der Waals surface area contributed by atoms with Crippen LogP contribution in [-0.4, -0.2) is 17.4 Å². The normalized spacial score (nSPS) is 11.8. The molecule has 18 heavy (non-hydrogen) atoms. The van der Waals surface area contributed by atoms with E-state index < -0.39 is 0 Å². The molecular weight excluding hydrogens is 228 g/mol. The molecule has 0 atom stereocenters. The first-order chi connectivity index (χ1) is 8.69. The Morgan fingerprint density at radius 1 is 1.50 bits per heavy atom. The summed E-state index contributed by atoms with van der Waals surface area (Å²) < 4.78 is 0. The molecule has 0 radical (unpaired) electrons. The van der Waals surface area contributed by atoms with Gasteiger partial charge in [0.25, 0.3) is 11.5 Å². The smallest absolute Gasteiger partial charge is 0.260 e. The van der Waals surface area contributed by atoms with Gasteiger partial charge in [-0.1, -0.05) is 30.7 Å². The predicted octanol–water partition coefficient (Wildman–Crippen LogP) is 2.02. The largest absolute Gasteiger partial charge is 0.348 e. The van der Waals surface area contributed by atoms with Crippen LogP contribution in [0.2, 0.25) is 0 Å². The molecule has 1 amide bonds. The number of hydrogen-bond donors (Lipinski definition) is 2. The maximum absolute atomic E-state index is 11.7. The fraction of sp³-hybridized carbons (Fsp3) is 0.286. The molecule has 1 aromatic heterocycles. The lowest BCUT2D eigenvalue weighted by molar-refractivity contribution is 0.0956. The molecule has 0 aliphatic rings. The van der Waals surface area contributed by atoms with Gasteiger partial charge in [0.05, 0.1) is 0 Å². The lowest BCUT2D eigenvalue weighted by atomic mass is 10.2. The number of carbonyl (C=O) groups is 1. The summed E-state index contributed by atoms with van der Waals surface area (Å²) in [7, 11) is 0. The number of H-pyrrole nitrogens is 1. The molecule has 0 spiro atoms. The topological polar surface area (TPSA) is 62.0 Å². The van der Waals surface area contributed by atoms with Crippen molar-refractivity contribution in [3.05, 3.63) is 58.0 Å². The summed E-state index contributed by atoms with van der Waals surface area (Å²) in [6.45, 7) is 4.46. The minimum Gasteiger partial charge on any atom is -0.348 e. The van der Waals surface area contributed by atoms with Crippen molar-refractivity contribution in [1.29, 1.82) is 0 Å². The Balaban J connectivity index is 2.53. The molecule has 0 unspecified atom stereocenters. The third-order valence-corrected chi connectivity index (χ3v) is 2.55. The highest BCUT2D eigenvalue weighted by Gasteiger charge is 2.07. The molecule has 2 N–H and O–H groups in total. The van der Waals surface area contributed by atoms with Gasteiger partial charge < -0.3 is 10.3 Å². The van der Waals surface area contributed by atoms with Crippen LogP contribution in [0.25, 0.3) is 0 Å². The SMILES string of the molecule is C/C=C(/C=C\CNC(=O)c1ccc[nH]c1=O)CC. The fourth-order valence-corrected chi connectivity index (χ4v) is 1.48. The number of hydrogen-bond acceptors (Lipinski definition) is 2. The van der Waals surface area contributed by atoms with E-state index in [2.05, 4.69) is 17.2 Å². The molecule has 0 aliphatic carbocycles. The van der Waals surface area contributed by atoms with Crippen LogP contribution in [0, 0.1) is 0 Å². The van der Waals surface area contributed by atoms with Crippen molar-refractivity contribution in [2.24, 2.45) is 0 Å². The average molecular weight is 246 g/mol. The second-order valence-electron chi connectivity index (χ2n) is 3.74. The maximum Gasteiger partial charge on any atom is 0.260 e. The van der Waals surface area contributed by atoms with E-state index in [0.717, 1.165) is 6.42 Å². The number of pyridine rings is 1. The monoisotopic (exact) mass is 246 g/mol. The molecule has 0 saturated heterocycles. The number of rotatable bonds is 5. The highest BCUT2D eigenvalue weighted by Crippen LogP contribution is 2.00. The van der Waals surface area contributed by atoms with E-state index in [1.807, 2.05) is 25.2 Å². The van der Waals surface area contributed by atoms with E-state index in [9.17, 15) is 9.59 Å². The molecule has 0 bridgehead atoms. The molecule has 1 rings (SSSR count). The van der Waals surface area contributed by atoms with Gasteiger partial charge in [-0.25, -0.2) is 0 Å². The first kappa shape index (κ1) is 14.0. The summed E-state index contributed by atoms with van der Waals surface area (Å²) in [5.74, 6) is -0.361. The van der Waals surface area contributed by atoms with Gasteiger partial charge in [0.15, 0.2) is 0 Å². The van der Waals surface area contributed by atoms with Crippen molar-refractivity contribution >= 4 is 5.91 Å². The standard InChI is InChI=1S/C14H18N2O2/c1-3-11(4-2)7-5-9-15-13(17)12-8-6-10-16-14(12)18/h3,5-8,10H,4,9H2,1-2H3,(H,15,17)(H,16,18)/b7-5-,11-3+. The van der Waals surface area contributed by atoms with Gasteiger partial charge >= 0.3 is 0 Å². The van der Waals surface area contributed by atoms with Crippen LogP contribution in [0.5, 0.6) is 0 Å². The highest BCUT2D eigenvalue weighted by atomic mass is 16.2. The number of aromatic nitrogens is 1. The molecule has 4 heteroatoms. The predicted molar refractivity (Wildman–Crippen MR) is 72.6 cm³/mol. The Kier molecular flexibility index (Phi) is 5.64. The Bertz CT molecular complexity index is 513. The number of nitrogens with one attached hydrogen (secondary N) is 2. The minimum atomic E-state index is -0.373. The Morgan fingerprint density at radius 3 is 2.89 bits per heavy atom. The summed E-state index contributed by atoms with van der Waals surface area (Å²) in [4.78, 5) is 25.5. The van der Waals surface area contributed by atoms with Gasteiger partial charge in [0.1, 0.15) is 5.56 Å². The molecule has 0 aromatic carbocycles. The Labute approximate surface area is 106 Å². The van der Waals surface area contributed by atoms with Crippen LogP contribution in [0.4, 0.5) is 0 Å². The van der Waals surface area contributed by atoms with Crippen molar-refractivity contribution in [3.8, 4) is 0 Å². The van der Waals surface area contributed by atoms with Crippen molar-refractivity contribution in [3.63, 3.8) is 0 Å². The third kappa shape index (κ3) is 4.05. The van der Waals surface area contributed by atoms with Crippen molar-refractivity contribution < 1.29 is 4.79 Å². The Hall–Kier alpha value is -2.10. The lowest BCUT2D eigenvalue weighted by Gasteiger charge is -2.01. The van der Waals surface area contributed by atoms with Crippen molar-refractivity contribution in [2.45, 2.75) is 20.3 Å². The second-order valence-corrected chi connectivity index (χ2v) is 3.74. The van der Waals surface area contributed by atoms with E-state index in [0.29, 0.717) is 6.54 Å². The first-order valence-electron chi connectivity index (χ1n) is 5.96. The van der Waals surface area contributed by atoms with E-state index in [1.54, 1.807) is 6.07 Å². The van der Waals surface area contributed by atoms with E-state index in [1.165, 1.54) is 17.8 Å². The number of aromatic amines is 1. The molecule has 0 saturated carbocycles. The molecule has 1 aromatic rings. The maximum atomic E-state index is 11.7. The van der Waals surface area contributed by atoms with Crippen molar-refractivity contribution in [2.75, 3.05) is 6.54 Å². The molecular formula is C14H18N2O2. The zero-order chi connectivity index (χ0) is 13.4. The number of amides is 1. The molecule has 96 valence electrons. The van der Waals surface area contributed by atoms with Crippen LogP contribution in [0.15, 0.2) is 46.9 Å².